The number of carbonyl (C=O) groups excluding carboxylic acids is 2. The van der Waals surface area contributed by atoms with Crippen LogP contribution in [0, 0.1) is 0 Å². The summed E-state index contributed by atoms with van der Waals surface area (Å²) in [7, 11) is 0. The Labute approximate surface area is 119 Å². The van der Waals surface area contributed by atoms with Crippen molar-refractivity contribution in [3.05, 3.63) is 35.9 Å². The highest BCUT2D eigenvalue weighted by Gasteiger charge is 2.23. The molecule has 5 heteroatoms. The zero-order valence-electron chi connectivity index (χ0n) is 11.9. The number of esters is 2. The minimum atomic E-state index is -0.686. The number of rotatable bonds is 8. The normalized spacial score (nSPS) is 11.7. The van der Waals surface area contributed by atoms with E-state index in [1.807, 2.05) is 30.3 Å². The van der Waals surface area contributed by atoms with Gasteiger partial charge in [0.25, 0.3) is 0 Å². The first-order chi connectivity index (χ1) is 9.67. The second-order valence-electron chi connectivity index (χ2n) is 4.18. The molecular weight excluding hydrogens is 258 g/mol. The van der Waals surface area contributed by atoms with Crippen molar-refractivity contribution in [2.45, 2.75) is 32.9 Å². The molecule has 5 nitrogen and oxygen atoms in total. The van der Waals surface area contributed by atoms with Crippen molar-refractivity contribution in [1.29, 1.82) is 0 Å². The van der Waals surface area contributed by atoms with E-state index in [9.17, 15) is 9.59 Å². The Hall–Kier alpha value is -1.88. The molecule has 1 unspecified atom stereocenters. The van der Waals surface area contributed by atoms with Crippen LogP contribution in [0.2, 0.25) is 0 Å². The van der Waals surface area contributed by atoms with Crippen molar-refractivity contribution >= 4 is 11.9 Å². The molecule has 1 N–H and O–H groups in total. The van der Waals surface area contributed by atoms with Crippen LogP contribution in [-0.2, 0) is 25.6 Å². The summed E-state index contributed by atoms with van der Waals surface area (Å²) in [6.45, 7) is 4.53. The molecule has 0 saturated heterocycles. The topological polar surface area (TPSA) is 64.6 Å². The van der Waals surface area contributed by atoms with Gasteiger partial charge in [-0.2, -0.15) is 0 Å². The zero-order valence-corrected chi connectivity index (χ0v) is 11.9. The zero-order chi connectivity index (χ0) is 14.8. The Morgan fingerprint density at radius 2 is 1.75 bits per heavy atom. The Morgan fingerprint density at radius 1 is 1.10 bits per heavy atom. The molecule has 0 aliphatic heterocycles. The lowest BCUT2D eigenvalue weighted by Crippen LogP contribution is -2.39. The van der Waals surface area contributed by atoms with Gasteiger partial charge in [-0.1, -0.05) is 30.3 Å². The molecular formula is C15H21NO4. The minimum Gasteiger partial charge on any atom is -0.466 e. The summed E-state index contributed by atoms with van der Waals surface area (Å²) in [6, 6.07) is 8.96. The van der Waals surface area contributed by atoms with E-state index in [1.165, 1.54) is 0 Å². The van der Waals surface area contributed by atoms with Gasteiger partial charge in [0, 0.05) is 6.54 Å². The molecule has 1 aromatic carbocycles. The number of ether oxygens (including phenoxy) is 2. The highest BCUT2D eigenvalue weighted by Crippen LogP contribution is 2.03. The van der Waals surface area contributed by atoms with E-state index in [1.54, 1.807) is 13.8 Å². The molecule has 0 amide bonds. The summed E-state index contributed by atoms with van der Waals surface area (Å²) in [5.41, 5.74) is 1.03. The molecule has 1 atom stereocenters. The van der Waals surface area contributed by atoms with Crippen LogP contribution in [-0.4, -0.2) is 31.2 Å². The standard InChI is InChI=1S/C15H21NO4/c1-3-19-14(17)10-13(15(18)20-4-2)16-11-12-8-6-5-7-9-12/h5-9,13,16H,3-4,10-11H2,1-2H3. The van der Waals surface area contributed by atoms with E-state index in [-0.39, 0.29) is 13.0 Å². The Kier molecular flexibility index (Phi) is 7.35. The van der Waals surface area contributed by atoms with Crippen molar-refractivity contribution < 1.29 is 19.1 Å². The first kappa shape index (κ1) is 16.2. The van der Waals surface area contributed by atoms with Crippen LogP contribution in [0.4, 0.5) is 0 Å². The van der Waals surface area contributed by atoms with Crippen molar-refractivity contribution in [2.75, 3.05) is 13.2 Å². The molecule has 20 heavy (non-hydrogen) atoms. The third-order valence-electron chi connectivity index (χ3n) is 2.64. The van der Waals surface area contributed by atoms with Gasteiger partial charge in [-0.05, 0) is 19.4 Å². The first-order valence-corrected chi connectivity index (χ1v) is 6.77. The summed E-state index contributed by atoms with van der Waals surface area (Å²) in [5, 5.41) is 3.03. The van der Waals surface area contributed by atoms with Crippen LogP contribution in [0.5, 0.6) is 0 Å². The van der Waals surface area contributed by atoms with E-state index in [0.29, 0.717) is 13.2 Å². The molecule has 0 spiro atoms. The van der Waals surface area contributed by atoms with Crippen LogP contribution in [0.25, 0.3) is 0 Å². The van der Waals surface area contributed by atoms with Crippen LogP contribution >= 0.6 is 0 Å². The van der Waals surface area contributed by atoms with E-state index in [2.05, 4.69) is 5.32 Å². The molecule has 0 saturated carbocycles. The van der Waals surface area contributed by atoms with Gasteiger partial charge in [0.15, 0.2) is 0 Å². The van der Waals surface area contributed by atoms with E-state index in [4.69, 9.17) is 9.47 Å². The Balaban J connectivity index is 2.57. The molecule has 0 aliphatic rings. The quantitative estimate of drug-likeness (QED) is 0.733. The van der Waals surface area contributed by atoms with Gasteiger partial charge in [0.1, 0.15) is 6.04 Å². The summed E-state index contributed by atoms with van der Waals surface area (Å²) < 4.78 is 9.83. The fourth-order valence-corrected chi connectivity index (χ4v) is 1.71. The average molecular weight is 279 g/mol. The summed E-state index contributed by atoms with van der Waals surface area (Å²) in [4.78, 5) is 23.3. The van der Waals surface area contributed by atoms with Crippen molar-refractivity contribution in [2.24, 2.45) is 0 Å². The molecule has 0 heterocycles. The van der Waals surface area contributed by atoms with E-state index >= 15 is 0 Å². The predicted molar refractivity (Wildman–Crippen MR) is 75.0 cm³/mol. The third kappa shape index (κ3) is 5.84. The highest BCUT2D eigenvalue weighted by atomic mass is 16.5. The molecule has 1 aromatic rings. The summed E-state index contributed by atoms with van der Waals surface area (Å²) >= 11 is 0. The third-order valence-corrected chi connectivity index (χ3v) is 2.64. The SMILES string of the molecule is CCOC(=O)CC(NCc1ccccc1)C(=O)OCC. The maximum Gasteiger partial charge on any atom is 0.323 e. The first-order valence-electron chi connectivity index (χ1n) is 6.77. The minimum absolute atomic E-state index is 0.0283. The lowest BCUT2D eigenvalue weighted by molar-refractivity contribution is -0.152. The van der Waals surface area contributed by atoms with Gasteiger partial charge >= 0.3 is 11.9 Å². The Bertz CT molecular complexity index is 419. The largest absolute Gasteiger partial charge is 0.466 e. The van der Waals surface area contributed by atoms with Crippen molar-refractivity contribution in [3.63, 3.8) is 0 Å². The lowest BCUT2D eigenvalue weighted by atomic mass is 10.1. The van der Waals surface area contributed by atoms with Gasteiger partial charge in [0.05, 0.1) is 19.6 Å². The summed E-state index contributed by atoms with van der Waals surface area (Å²) in [6.07, 6.45) is -0.0283. The fraction of sp³-hybridized carbons (Fsp3) is 0.467. The summed E-state index contributed by atoms with van der Waals surface area (Å²) in [5.74, 6) is -0.845. The average Bonchev–Trinajstić information content (AvgIpc) is 2.45. The van der Waals surface area contributed by atoms with Crippen molar-refractivity contribution in [3.8, 4) is 0 Å². The van der Waals surface area contributed by atoms with Crippen LogP contribution < -0.4 is 5.32 Å². The van der Waals surface area contributed by atoms with Gasteiger partial charge in [-0.15, -0.1) is 0 Å². The molecule has 1 rings (SSSR count). The predicted octanol–water partition coefficient (Wildman–Crippen LogP) is 1.66. The monoisotopic (exact) mass is 279 g/mol. The molecule has 0 aliphatic carbocycles. The number of hydrogen-bond donors (Lipinski definition) is 1. The van der Waals surface area contributed by atoms with Crippen molar-refractivity contribution in [1.82, 2.24) is 5.32 Å². The maximum absolute atomic E-state index is 11.8. The van der Waals surface area contributed by atoms with Crippen LogP contribution in [0.15, 0.2) is 30.3 Å². The molecule has 0 radical (unpaired) electrons. The number of nitrogens with one attached hydrogen (secondary N) is 1. The van der Waals surface area contributed by atoms with Gasteiger partial charge in [0.2, 0.25) is 0 Å². The fourth-order valence-electron chi connectivity index (χ4n) is 1.71. The van der Waals surface area contributed by atoms with Crippen LogP contribution in [0.3, 0.4) is 0 Å². The Morgan fingerprint density at radius 3 is 2.35 bits per heavy atom. The lowest BCUT2D eigenvalue weighted by Gasteiger charge is -2.16. The molecule has 110 valence electrons. The van der Waals surface area contributed by atoms with Gasteiger partial charge in [-0.25, -0.2) is 0 Å². The number of benzene rings is 1. The van der Waals surface area contributed by atoms with E-state index in [0.717, 1.165) is 5.56 Å². The smallest absolute Gasteiger partial charge is 0.323 e. The van der Waals surface area contributed by atoms with E-state index < -0.39 is 18.0 Å². The molecule has 0 aromatic heterocycles. The highest BCUT2D eigenvalue weighted by molar-refractivity contribution is 5.82. The molecule has 0 bridgehead atoms. The van der Waals surface area contributed by atoms with Gasteiger partial charge < -0.3 is 9.47 Å². The number of hydrogen-bond acceptors (Lipinski definition) is 5. The second kappa shape index (κ2) is 9.09. The maximum atomic E-state index is 11.8. The molecule has 0 fully saturated rings. The van der Waals surface area contributed by atoms with Crippen LogP contribution in [0.1, 0.15) is 25.8 Å². The van der Waals surface area contributed by atoms with Gasteiger partial charge in [-0.3, -0.25) is 14.9 Å². The second-order valence-corrected chi connectivity index (χ2v) is 4.18. The number of carbonyl (C=O) groups is 2.